The van der Waals surface area contributed by atoms with Crippen LogP contribution in [0.15, 0.2) is 53.9 Å². The lowest BCUT2D eigenvalue weighted by molar-refractivity contribution is 0.344. The van der Waals surface area contributed by atoms with Crippen molar-refractivity contribution in [2.45, 2.75) is 11.8 Å². The molecule has 0 spiro atoms. The highest BCUT2D eigenvalue weighted by atomic mass is 32.2. The summed E-state index contributed by atoms with van der Waals surface area (Å²) in [4.78, 5) is 3.86. The Bertz CT molecular complexity index is 874. The van der Waals surface area contributed by atoms with Crippen LogP contribution in [0.25, 0.3) is 10.8 Å². The number of fused-ring (bicyclic) bond motifs is 1. The molecule has 0 N–H and O–H groups in total. The van der Waals surface area contributed by atoms with E-state index in [-0.39, 0.29) is 4.90 Å². The minimum Gasteiger partial charge on any atom is -0.493 e. The highest BCUT2D eigenvalue weighted by Crippen LogP contribution is 2.31. The van der Waals surface area contributed by atoms with Crippen molar-refractivity contribution in [2.75, 3.05) is 6.61 Å². The molecule has 0 saturated heterocycles. The Morgan fingerprint density at radius 3 is 2.57 bits per heavy atom. The molecule has 0 amide bonds. The minimum absolute atomic E-state index is 0.173. The first kappa shape index (κ1) is 13.6. The Morgan fingerprint density at radius 1 is 1.14 bits per heavy atom. The average molecular weight is 303 g/mol. The zero-order valence-electron chi connectivity index (χ0n) is 11.3. The molecule has 0 bridgehead atoms. The Hall–Kier alpha value is -2.41. The summed E-state index contributed by atoms with van der Waals surface area (Å²) in [7, 11) is -3.77. The van der Waals surface area contributed by atoms with Gasteiger partial charge in [-0.3, -0.25) is 0 Å². The fourth-order valence-corrected chi connectivity index (χ4v) is 3.41. The molecule has 0 unspecified atom stereocenters. The second-order valence-electron chi connectivity index (χ2n) is 4.31. The Kier molecular flexibility index (Phi) is 3.34. The standard InChI is InChI=1S/C14H13N3O3S/c1-2-20-13-7-8-14(12-6-4-3-5-11(12)13)21(18,19)17-10-15-9-16-17/h3-10H,2H2,1H3. The number of hydrogen-bond donors (Lipinski definition) is 0. The van der Waals surface area contributed by atoms with Crippen LogP contribution < -0.4 is 4.74 Å². The third-order valence-electron chi connectivity index (χ3n) is 3.07. The zero-order valence-corrected chi connectivity index (χ0v) is 12.1. The van der Waals surface area contributed by atoms with Crippen LogP contribution in [0.3, 0.4) is 0 Å². The predicted octanol–water partition coefficient (Wildman–Crippen LogP) is 2.07. The van der Waals surface area contributed by atoms with E-state index in [9.17, 15) is 8.42 Å². The molecule has 0 fully saturated rings. The van der Waals surface area contributed by atoms with Crippen molar-refractivity contribution in [3.8, 4) is 5.75 Å². The van der Waals surface area contributed by atoms with E-state index in [2.05, 4.69) is 10.1 Å². The van der Waals surface area contributed by atoms with Crippen LogP contribution in [0, 0.1) is 0 Å². The summed E-state index contributed by atoms with van der Waals surface area (Å²) in [5.74, 6) is 0.658. The molecule has 0 aliphatic heterocycles. The maximum atomic E-state index is 12.6. The number of hydrogen-bond acceptors (Lipinski definition) is 5. The molecular formula is C14H13N3O3S. The van der Waals surface area contributed by atoms with Crippen LogP contribution in [0.4, 0.5) is 0 Å². The molecule has 0 atom stereocenters. The maximum Gasteiger partial charge on any atom is 0.285 e. The van der Waals surface area contributed by atoms with Crippen molar-refractivity contribution in [3.63, 3.8) is 0 Å². The quantitative estimate of drug-likeness (QED) is 0.737. The van der Waals surface area contributed by atoms with Gasteiger partial charge in [-0.05, 0) is 19.1 Å². The first-order chi connectivity index (χ1) is 10.1. The monoisotopic (exact) mass is 303 g/mol. The van der Waals surface area contributed by atoms with Crippen LogP contribution in [0.2, 0.25) is 0 Å². The van der Waals surface area contributed by atoms with Gasteiger partial charge in [-0.1, -0.05) is 24.3 Å². The van der Waals surface area contributed by atoms with Gasteiger partial charge in [0.25, 0.3) is 10.0 Å². The summed E-state index contributed by atoms with van der Waals surface area (Å²) in [5.41, 5.74) is 0. The van der Waals surface area contributed by atoms with Gasteiger partial charge in [0.15, 0.2) is 0 Å². The topological polar surface area (TPSA) is 74.1 Å². The third-order valence-corrected chi connectivity index (χ3v) is 4.66. The summed E-state index contributed by atoms with van der Waals surface area (Å²) in [6, 6.07) is 10.4. The first-order valence-corrected chi connectivity index (χ1v) is 7.83. The average Bonchev–Trinajstić information content (AvgIpc) is 3.02. The molecule has 3 rings (SSSR count). The van der Waals surface area contributed by atoms with Crippen molar-refractivity contribution in [1.82, 2.24) is 14.2 Å². The van der Waals surface area contributed by atoms with Crippen molar-refractivity contribution in [1.29, 1.82) is 0 Å². The molecule has 108 valence electrons. The van der Waals surface area contributed by atoms with Gasteiger partial charge in [-0.25, -0.2) is 4.98 Å². The highest BCUT2D eigenvalue weighted by molar-refractivity contribution is 7.90. The highest BCUT2D eigenvalue weighted by Gasteiger charge is 2.21. The Balaban J connectivity index is 2.28. The molecular weight excluding hydrogens is 290 g/mol. The van der Waals surface area contributed by atoms with Crippen molar-refractivity contribution in [3.05, 3.63) is 49.1 Å². The lowest BCUT2D eigenvalue weighted by Gasteiger charge is -2.11. The van der Waals surface area contributed by atoms with Gasteiger partial charge in [0.1, 0.15) is 18.4 Å². The summed E-state index contributed by atoms with van der Waals surface area (Å²) < 4.78 is 31.6. The molecule has 7 heteroatoms. The van der Waals surface area contributed by atoms with Crippen LogP contribution in [0.1, 0.15) is 6.92 Å². The fraction of sp³-hybridized carbons (Fsp3) is 0.143. The van der Waals surface area contributed by atoms with E-state index >= 15 is 0 Å². The molecule has 0 radical (unpaired) electrons. The summed E-state index contributed by atoms with van der Waals surface area (Å²) in [6.45, 7) is 2.40. The molecule has 21 heavy (non-hydrogen) atoms. The lowest BCUT2D eigenvalue weighted by atomic mass is 10.1. The molecule has 1 aromatic heterocycles. The lowest BCUT2D eigenvalue weighted by Crippen LogP contribution is -2.14. The van der Waals surface area contributed by atoms with Gasteiger partial charge in [-0.15, -0.1) is 9.19 Å². The molecule has 0 aliphatic rings. The second-order valence-corrected chi connectivity index (χ2v) is 6.08. The van der Waals surface area contributed by atoms with E-state index in [0.29, 0.717) is 17.7 Å². The third kappa shape index (κ3) is 2.25. The zero-order chi connectivity index (χ0) is 14.9. The van der Waals surface area contributed by atoms with Gasteiger partial charge in [0.2, 0.25) is 0 Å². The Morgan fingerprint density at radius 2 is 1.90 bits per heavy atom. The molecule has 0 saturated carbocycles. The number of aromatic nitrogens is 3. The van der Waals surface area contributed by atoms with E-state index in [1.807, 2.05) is 19.1 Å². The van der Waals surface area contributed by atoms with Gasteiger partial charge in [-0.2, -0.15) is 8.42 Å². The predicted molar refractivity (Wildman–Crippen MR) is 77.7 cm³/mol. The van der Waals surface area contributed by atoms with Crippen molar-refractivity contribution >= 4 is 20.8 Å². The van der Waals surface area contributed by atoms with Gasteiger partial charge < -0.3 is 4.74 Å². The SMILES string of the molecule is CCOc1ccc(S(=O)(=O)n2cncn2)c2ccccc12. The molecule has 0 aliphatic carbocycles. The van der Waals surface area contributed by atoms with E-state index in [0.717, 1.165) is 9.47 Å². The van der Waals surface area contributed by atoms with Crippen LogP contribution in [-0.2, 0) is 10.0 Å². The number of benzene rings is 2. The largest absolute Gasteiger partial charge is 0.493 e. The van der Waals surface area contributed by atoms with Crippen LogP contribution >= 0.6 is 0 Å². The second kappa shape index (κ2) is 5.17. The van der Waals surface area contributed by atoms with E-state index < -0.39 is 10.0 Å². The summed E-state index contributed by atoms with van der Waals surface area (Å²) in [5, 5.41) is 5.06. The molecule has 3 aromatic rings. The summed E-state index contributed by atoms with van der Waals surface area (Å²) in [6.07, 6.45) is 2.36. The van der Waals surface area contributed by atoms with Crippen molar-refractivity contribution in [2.24, 2.45) is 0 Å². The maximum absolute atomic E-state index is 12.6. The number of ether oxygens (including phenoxy) is 1. The van der Waals surface area contributed by atoms with Crippen LogP contribution in [0.5, 0.6) is 5.75 Å². The van der Waals surface area contributed by atoms with Gasteiger partial charge in [0, 0.05) is 10.8 Å². The van der Waals surface area contributed by atoms with Crippen LogP contribution in [-0.4, -0.2) is 29.2 Å². The van der Waals surface area contributed by atoms with E-state index in [1.165, 1.54) is 18.7 Å². The van der Waals surface area contributed by atoms with E-state index in [1.54, 1.807) is 18.2 Å². The molecule has 6 nitrogen and oxygen atoms in total. The fourth-order valence-electron chi connectivity index (χ4n) is 2.17. The normalized spacial score (nSPS) is 11.7. The first-order valence-electron chi connectivity index (χ1n) is 6.39. The Labute approximate surface area is 122 Å². The number of rotatable bonds is 4. The van der Waals surface area contributed by atoms with E-state index in [4.69, 9.17) is 4.74 Å². The van der Waals surface area contributed by atoms with Gasteiger partial charge >= 0.3 is 0 Å². The smallest absolute Gasteiger partial charge is 0.285 e. The minimum atomic E-state index is -3.77. The molecule has 2 aromatic carbocycles. The van der Waals surface area contributed by atoms with Crippen molar-refractivity contribution < 1.29 is 13.2 Å². The van der Waals surface area contributed by atoms with Gasteiger partial charge in [0.05, 0.1) is 11.5 Å². The number of nitrogens with zero attached hydrogens (tertiary/aromatic N) is 3. The molecule has 1 heterocycles. The summed E-state index contributed by atoms with van der Waals surface area (Å²) >= 11 is 0.